The average Bonchev–Trinajstić information content (AvgIpc) is 2.70. The molecule has 1 amide bonds. The molecule has 0 spiro atoms. The summed E-state index contributed by atoms with van der Waals surface area (Å²) in [5, 5.41) is 8.15. The number of rotatable bonds is 4. The summed E-state index contributed by atoms with van der Waals surface area (Å²) in [7, 11) is 4.09. The molecule has 0 aliphatic rings. The van der Waals surface area contributed by atoms with Crippen molar-refractivity contribution < 1.29 is 4.79 Å². The Hall–Kier alpha value is -2.72. The van der Waals surface area contributed by atoms with Crippen molar-refractivity contribution in [3.63, 3.8) is 0 Å². The molecule has 4 heteroatoms. The van der Waals surface area contributed by atoms with Gasteiger partial charge in [-0.05, 0) is 25.5 Å². The maximum absolute atomic E-state index is 11.7. The van der Waals surface area contributed by atoms with E-state index in [9.17, 15) is 4.79 Å². The molecule has 0 radical (unpaired) electrons. The van der Waals surface area contributed by atoms with E-state index >= 15 is 0 Å². The van der Waals surface area contributed by atoms with Gasteiger partial charge in [0.05, 0.1) is 11.9 Å². The standard InChI is InChI=1S/C21H23N3O/c1-15(25)23-20-14-16-8-4-5-9-17(16)21(22-12-13-24(2)3)19-11-7-6-10-18(19)20/h4-11,14H,12-13H2,1-3H3,(H,23,25)/b22-21+. The molecule has 0 saturated carbocycles. The topological polar surface area (TPSA) is 44.7 Å². The van der Waals surface area contributed by atoms with Gasteiger partial charge >= 0.3 is 0 Å². The fourth-order valence-electron chi connectivity index (χ4n) is 2.97. The second-order valence-electron chi connectivity index (χ2n) is 6.41. The molecular formula is C21H23N3O. The van der Waals surface area contributed by atoms with Crippen molar-refractivity contribution in [1.82, 2.24) is 4.90 Å². The van der Waals surface area contributed by atoms with Crippen molar-refractivity contribution in [3.8, 4) is 0 Å². The highest BCUT2D eigenvalue weighted by Gasteiger charge is 2.07. The minimum atomic E-state index is -0.0773. The van der Waals surface area contributed by atoms with E-state index in [4.69, 9.17) is 4.99 Å². The molecule has 1 N–H and O–H groups in total. The molecular weight excluding hydrogens is 310 g/mol. The van der Waals surface area contributed by atoms with Gasteiger partial charge in [0.2, 0.25) is 5.91 Å². The summed E-state index contributed by atoms with van der Waals surface area (Å²) >= 11 is 0. The zero-order valence-corrected chi connectivity index (χ0v) is 14.9. The number of hydrogen-bond donors (Lipinski definition) is 1. The van der Waals surface area contributed by atoms with Crippen molar-refractivity contribution >= 4 is 33.1 Å². The van der Waals surface area contributed by atoms with Crippen LogP contribution in [0.4, 0.5) is 5.69 Å². The average molecular weight is 333 g/mol. The molecule has 3 rings (SSSR count). The molecule has 3 aromatic carbocycles. The Bertz CT molecular complexity index is 993. The Kier molecular flexibility index (Phi) is 5.10. The number of carbonyl (C=O) groups is 1. The highest BCUT2D eigenvalue weighted by atomic mass is 16.1. The Balaban J connectivity index is 2.40. The second-order valence-corrected chi connectivity index (χ2v) is 6.41. The van der Waals surface area contributed by atoms with Gasteiger partial charge in [0.1, 0.15) is 0 Å². The molecule has 0 bridgehead atoms. The highest BCUT2D eigenvalue weighted by Crippen LogP contribution is 2.24. The van der Waals surface area contributed by atoms with Gasteiger partial charge in [0, 0.05) is 35.3 Å². The molecule has 3 aromatic rings. The van der Waals surface area contributed by atoms with Crippen LogP contribution in [-0.4, -0.2) is 38.0 Å². The first kappa shape index (κ1) is 17.1. The predicted molar refractivity (Wildman–Crippen MR) is 105 cm³/mol. The van der Waals surface area contributed by atoms with Gasteiger partial charge in [-0.3, -0.25) is 9.79 Å². The van der Waals surface area contributed by atoms with E-state index in [0.29, 0.717) is 0 Å². The molecule has 0 atom stereocenters. The minimum absolute atomic E-state index is 0.0773. The molecule has 0 heterocycles. The fraction of sp³-hybridized carbons (Fsp3) is 0.238. The zero-order chi connectivity index (χ0) is 17.8. The molecule has 25 heavy (non-hydrogen) atoms. The number of benzene rings is 2. The van der Waals surface area contributed by atoms with E-state index < -0.39 is 0 Å². The lowest BCUT2D eigenvalue weighted by Crippen LogP contribution is -2.17. The van der Waals surface area contributed by atoms with E-state index in [0.717, 1.165) is 45.7 Å². The summed E-state index contributed by atoms with van der Waals surface area (Å²) in [5.74, 6) is -0.0773. The lowest BCUT2D eigenvalue weighted by molar-refractivity contribution is -0.114. The lowest BCUT2D eigenvalue weighted by Gasteiger charge is -2.06. The summed E-state index contributed by atoms with van der Waals surface area (Å²) in [6.07, 6.45) is 0. The third-order valence-corrected chi connectivity index (χ3v) is 4.12. The number of likely N-dealkylation sites (N-methyl/N-ethyl adjacent to an activating group) is 1. The Labute approximate surface area is 147 Å². The van der Waals surface area contributed by atoms with Gasteiger partial charge < -0.3 is 10.2 Å². The van der Waals surface area contributed by atoms with Gasteiger partial charge in [-0.25, -0.2) is 0 Å². The number of nitrogens with one attached hydrogen (secondary N) is 1. The first-order valence-corrected chi connectivity index (χ1v) is 8.44. The third-order valence-electron chi connectivity index (χ3n) is 4.12. The molecule has 0 aliphatic carbocycles. The summed E-state index contributed by atoms with van der Waals surface area (Å²) in [6, 6.07) is 18.3. The van der Waals surface area contributed by atoms with E-state index in [1.807, 2.05) is 50.5 Å². The van der Waals surface area contributed by atoms with Gasteiger partial charge in [-0.1, -0.05) is 48.5 Å². The quantitative estimate of drug-likeness (QED) is 0.795. The second kappa shape index (κ2) is 7.45. The molecule has 128 valence electrons. The number of carbonyl (C=O) groups excluding carboxylic acids is 1. The van der Waals surface area contributed by atoms with Crippen LogP contribution in [-0.2, 0) is 4.79 Å². The van der Waals surface area contributed by atoms with Gasteiger partial charge in [0.15, 0.2) is 0 Å². The van der Waals surface area contributed by atoms with Crippen molar-refractivity contribution in [1.29, 1.82) is 0 Å². The van der Waals surface area contributed by atoms with E-state index in [2.05, 4.69) is 28.4 Å². The number of fused-ring (bicyclic) bond motifs is 2. The van der Waals surface area contributed by atoms with E-state index in [-0.39, 0.29) is 5.91 Å². The smallest absolute Gasteiger partial charge is 0.221 e. The number of amides is 1. The number of anilines is 1. The van der Waals surface area contributed by atoms with Crippen molar-refractivity contribution in [2.24, 2.45) is 4.99 Å². The largest absolute Gasteiger partial charge is 0.326 e. The van der Waals surface area contributed by atoms with Crippen LogP contribution in [0.1, 0.15) is 6.92 Å². The zero-order valence-electron chi connectivity index (χ0n) is 14.9. The third kappa shape index (κ3) is 3.86. The minimum Gasteiger partial charge on any atom is -0.326 e. The first-order valence-electron chi connectivity index (χ1n) is 8.44. The lowest BCUT2D eigenvalue weighted by atomic mass is 10.1. The van der Waals surface area contributed by atoms with Crippen LogP contribution in [0.2, 0.25) is 0 Å². The Morgan fingerprint density at radius 3 is 2.32 bits per heavy atom. The van der Waals surface area contributed by atoms with Gasteiger partial charge in [-0.2, -0.15) is 0 Å². The SMILES string of the molecule is CC(=O)Nc1cc2ccccc2/c(=N\CCN(C)C)c2ccccc12. The Morgan fingerprint density at radius 2 is 1.64 bits per heavy atom. The Morgan fingerprint density at radius 1 is 1.00 bits per heavy atom. The van der Waals surface area contributed by atoms with Crippen molar-refractivity contribution in [2.45, 2.75) is 6.92 Å². The van der Waals surface area contributed by atoms with Crippen molar-refractivity contribution in [2.75, 3.05) is 32.5 Å². The maximum Gasteiger partial charge on any atom is 0.221 e. The highest BCUT2D eigenvalue weighted by molar-refractivity contribution is 6.05. The predicted octanol–water partition coefficient (Wildman–Crippen LogP) is 3.41. The summed E-state index contributed by atoms with van der Waals surface area (Å²) < 4.78 is 0. The molecule has 4 nitrogen and oxygen atoms in total. The van der Waals surface area contributed by atoms with E-state index in [1.54, 1.807) is 0 Å². The molecule has 0 fully saturated rings. The van der Waals surface area contributed by atoms with Crippen LogP contribution in [0.3, 0.4) is 0 Å². The maximum atomic E-state index is 11.7. The number of nitrogens with zero attached hydrogens (tertiary/aromatic N) is 2. The molecule has 0 aromatic heterocycles. The van der Waals surface area contributed by atoms with Crippen LogP contribution in [0.25, 0.3) is 21.5 Å². The first-order chi connectivity index (χ1) is 12.1. The molecule has 0 aliphatic heterocycles. The van der Waals surface area contributed by atoms with Crippen LogP contribution in [0.15, 0.2) is 59.6 Å². The monoisotopic (exact) mass is 333 g/mol. The van der Waals surface area contributed by atoms with Crippen LogP contribution < -0.4 is 10.7 Å². The van der Waals surface area contributed by atoms with Crippen LogP contribution in [0, 0.1) is 0 Å². The number of hydrogen-bond acceptors (Lipinski definition) is 3. The van der Waals surface area contributed by atoms with Gasteiger partial charge in [-0.15, -0.1) is 0 Å². The van der Waals surface area contributed by atoms with E-state index in [1.165, 1.54) is 6.92 Å². The normalized spacial score (nSPS) is 12.1. The molecule has 0 unspecified atom stereocenters. The van der Waals surface area contributed by atoms with Gasteiger partial charge in [0.25, 0.3) is 0 Å². The summed E-state index contributed by atoms with van der Waals surface area (Å²) in [6.45, 7) is 3.15. The van der Waals surface area contributed by atoms with Crippen LogP contribution >= 0.6 is 0 Å². The van der Waals surface area contributed by atoms with Crippen LogP contribution in [0.5, 0.6) is 0 Å². The fourth-order valence-corrected chi connectivity index (χ4v) is 2.97. The summed E-state index contributed by atoms with van der Waals surface area (Å²) in [4.78, 5) is 18.7. The summed E-state index contributed by atoms with van der Waals surface area (Å²) in [5.41, 5.74) is 0.813. The van der Waals surface area contributed by atoms with Crippen molar-refractivity contribution in [3.05, 3.63) is 60.0 Å². The molecule has 0 saturated heterocycles.